The lowest BCUT2D eigenvalue weighted by atomic mass is 10.3. The van der Waals surface area contributed by atoms with Crippen LogP contribution in [0, 0.1) is 6.92 Å². The van der Waals surface area contributed by atoms with E-state index in [0.717, 1.165) is 27.7 Å². The molecule has 0 unspecified atom stereocenters. The number of aryl methyl sites for hydroxylation is 1. The average Bonchev–Trinajstić information content (AvgIpc) is 2.91. The first-order valence-corrected chi connectivity index (χ1v) is 6.29. The van der Waals surface area contributed by atoms with Crippen molar-refractivity contribution in [3.05, 3.63) is 40.3 Å². The molecule has 0 spiro atoms. The van der Waals surface area contributed by atoms with E-state index < -0.39 is 0 Å². The zero-order valence-corrected chi connectivity index (χ0v) is 10.2. The molecule has 3 rings (SSSR count). The maximum absolute atomic E-state index is 4.44. The number of hydrogen-bond donors (Lipinski definition) is 2. The van der Waals surface area contributed by atoms with Crippen molar-refractivity contribution in [2.24, 2.45) is 0 Å². The summed E-state index contributed by atoms with van der Waals surface area (Å²) in [7, 11) is 0. The Morgan fingerprint density at radius 2 is 2.18 bits per heavy atom. The molecule has 0 aliphatic carbocycles. The zero-order chi connectivity index (χ0) is 11.7. The van der Waals surface area contributed by atoms with Crippen molar-refractivity contribution in [2.45, 2.75) is 13.5 Å². The summed E-state index contributed by atoms with van der Waals surface area (Å²) in [4.78, 5) is 12.1. The van der Waals surface area contributed by atoms with Gasteiger partial charge in [0, 0.05) is 11.1 Å². The third kappa shape index (κ3) is 2.14. The maximum atomic E-state index is 4.44. The minimum atomic E-state index is 0.707. The third-order valence-electron chi connectivity index (χ3n) is 2.46. The minimum absolute atomic E-state index is 0.707. The van der Waals surface area contributed by atoms with Crippen LogP contribution in [-0.4, -0.2) is 15.0 Å². The van der Waals surface area contributed by atoms with E-state index in [4.69, 9.17) is 0 Å². The number of imidazole rings is 1. The summed E-state index contributed by atoms with van der Waals surface area (Å²) in [6.07, 6.45) is 0. The van der Waals surface area contributed by atoms with Crippen molar-refractivity contribution in [1.29, 1.82) is 0 Å². The molecule has 0 aliphatic heterocycles. The summed E-state index contributed by atoms with van der Waals surface area (Å²) in [5, 5.41) is 6.37. The van der Waals surface area contributed by atoms with Gasteiger partial charge in [0.05, 0.1) is 17.6 Å². The van der Waals surface area contributed by atoms with Crippen molar-refractivity contribution in [2.75, 3.05) is 5.32 Å². The lowest BCUT2D eigenvalue weighted by Crippen LogP contribution is -2.00. The SMILES string of the molecule is Cc1csc(CNc2nc3ccccc3[nH]2)n1. The Kier molecular flexibility index (Phi) is 2.53. The van der Waals surface area contributed by atoms with E-state index in [1.165, 1.54) is 0 Å². The van der Waals surface area contributed by atoms with E-state index in [1.807, 2.05) is 31.2 Å². The number of aromatic nitrogens is 3. The highest BCUT2D eigenvalue weighted by Crippen LogP contribution is 2.15. The van der Waals surface area contributed by atoms with E-state index in [9.17, 15) is 0 Å². The van der Waals surface area contributed by atoms with Crippen LogP contribution in [-0.2, 0) is 6.54 Å². The predicted octanol–water partition coefficient (Wildman–Crippen LogP) is 2.94. The monoisotopic (exact) mass is 244 g/mol. The van der Waals surface area contributed by atoms with Gasteiger partial charge in [-0.3, -0.25) is 0 Å². The highest BCUT2D eigenvalue weighted by Gasteiger charge is 2.02. The van der Waals surface area contributed by atoms with E-state index in [-0.39, 0.29) is 0 Å². The van der Waals surface area contributed by atoms with Crippen LogP contribution in [0.3, 0.4) is 0 Å². The van der Waals surface area contributed by atoms with Gasteiger partial charge in [-0.1, -0.05) is 12.1 Å². The van der Waals surface area contributed by atoms with Gasteiger partial charge in [-0.25, -0.2) is 9.97 Å². The summed E-state index contributed by atoms with van der Waals surface area (Å²) >= 11 is 1.66. The number of rotatable bonds is 3. The molecule has 0 saturated heterocycles. The zero-order valence-electron chi connectivity index (χ0n) is 9.40. The van der Waals surface area contributed by atoms with Gasteiger partial charge in [-0.15, -0.1) is 11.3 Å². The van der Waals surface area contributed by atoms with Crippen LogP contribution in [0.4, 0.5) is 5.95 Å². The number of aromatic amines is 1. The predicted molar refractivity (Wildman–Crippen MR) is 70.3 cm³/mol. The van der Waals surface area contributed by atoms with Crippen molar-refractivity contribution < 1.29 is 0 Å². The van der Waals surface area contributed by atoms with Gasteiger partial charge >= 0.3 is 0 Å². The molecule has 86 valence electrons. The highest BCUT2D eigenvalue weighted by molar-refractivity contribution is 7.09. The second kappa shape index (κ2) is 4.18. The fraction of sp³-hybridized carbons (Fsp3) is 0.167. The van der Waals surface area contributed by atoms with Crippen molar-refractivity contribution >= 4 is 28.3 Å². The number of hydrogen-bond acceptors (Lipinski definition) is 4. The Labute approximate surface area is 103 Å². The molecule has 0 bridgehead atoms. The second-order valence-electron chi connectivity index (χ2n) is 3.84. The van der Waals surface area contributed by atoms with Crippen LogP contribution in [0.25, 0.3) is 11.0 Å². The van der Waals surface area contributed by atoms with Crippen LogP contribution < -0.4 is 5.32 Å². The molecular formula is C12H12N4S. The molecule has 1 aromatic carbocycles. The number of para-hydroxylation sites is 2. The summed E-state index contributed by atoms with van der Waals surface area (Å²) in [5.41, 5.74) is 3.09. The summed E-state index contributed by atoms with van der Waals surface area (Å²) in [6.45, 7) is 2.71. The number of anilines is 1. The molecular weight excluding hydrogens is 232 g/mol. The van der Waals surface area contributed by atoms with Gasteiger partial charge < -0.3 is 10.3 Å². The summed E-state index contributed by atoms with van der Waals surface area (Å²) < 4.78 is 0. The van der Waals surface area contributed by atoms with Gasteiger partial charge in [0.1, 0.15) is 5.01 Å². The molecule has 5 heteroatoms. The topological polar surface area (TPSA) is 53.6 Å². The summed E-state index contributed by atoms with van der Waals surface area (Å²) in [6, 6.07) is 7.98. The van der Waals surface area contributed by atoms with Gasteiger partial charge in [0.25, 0.3) is 0 Å². The first-order chi connectivity index (χ1) is 8.31. The number of nitrogens with one attached hydrogen (secondary N) is 2. The van der Waals surface area contributed by atoms with Crippen LogP contribution in [0.5, 0.6) is 0 Å². The number of H-pyrrole nitrogens is 1. The molecule has 0 aliphatic rings. The smallest absolute Gasteiger partial charge is 0.201 e. The Morgan fingerprint density at radius 3 is 2.94 bits per heavy atom. The quantitative estimate of drug-likeness (QED) is 0.744. The number of benzene rings is 1. The minimum Gasteiger partial charge on any atom is -0.349 e. The molecule has 3 aromatic rings. The molecule has 17 heavy (non-hydrogen) atoms. The van der Waals surface area contributed by atoms with Crippen LogP contribution >= 0.6 is 11.3 Å². The Balaban J connectivity index is 1.76. The molecule has 2 heterocycles. The number of nitrogens with zero attached hydrogens (tertiary/aromatic N) is 2. The molecule has 0 radical (unpaired) electrons. The fourth-order valence-corrected chi connectivity index (χ4v) is 2.39. The summed E-state index contributed by atoms with van der Waals surface area (Å²) in [5.74, 6) is 0.791. The van der Waals surface area contributed by atoms with Gasteiger partial charge in [-0.2, -0.15) is 0 Å². The van der Waals surface area contributed by atoms with Crippen molar-refractivity contribution in [1.82, 2.24) is 15.0 Å². The van der Waals surface area contributed by atoms with Crippen LogP contribution in [0.1, 0.15) is 10.7 Å². The van der Waals surface area contributed by atoms with Crippen molar-refractivity contribution in [3.63, 3.8) is 0 Å². The van der Waals surface area contributed by atoms with E-state index in [0.29, 0.717) is 6.54 Å². The molecule has 0 saturated carbocycles. The highest BCUT2D eigenvalue weighted by atomic mass is 32.1. The van der Waals surface area contributed by atoms with E-state index in [2.05, 4.69) is 25.6 Å². The van der Waals surface area contributed by atoms with Gasteiger partial charge in [0.15, 0.2) is 0 Å². The van der Waals surface area contributed by atoms with E-state index in [1.54, 1.807) is 11.3 Å². The molecule has 0 amide bonds. The van der Waals surface area contributed by atoms with E-state index >= 15 is 0 Å². The fourth-order valence-electron chi connectivity index (χ4n) is 1.68. The molecule has 2 aromatic heterocycles. The standard InChI is InChI=1S/C12H12N4S/c1-8-7-17-11(14-8)6-13-12-15-9-4-2-3-5-10(9)16-12/h2-5,7H,6H2,1H3,(H2,13,15,16). The molecule has 4 nitrogen and oxygen atoms in total. The first-order valence-electron chi connectivity index (χ1n) is 5.41. The number of fused-ring (bicyclic) bond motifs is 1. The molecule has 0 fully saturated rings. The lowest BCUT2D eigenvalue weighted by molar-refractivity contribution is 1.05. The largest absolute Gasteiger partial charge is 0.349 e. The van der Waals surface area contributed by atoms with Gasteiger partial charge in [0.2, 0.25) is 5.95 Å². The molecule has 2 N–H and O–H groups in total. The van der Waals surface area contributed by atoms with Crippen molar-refractivity contribution in [3.8, 4) is 0 Å². The van der Waals surface area contributed by atoms with Crippen LogP contribution in [0.2, 0.25) is 0 Å². The van der Waals surface area contributed by atoms with Crippen LogP contribution in [0.15, 0.2) is 29.6 Å². The molecule has 0 atom stereocenters. The first kappa shape index (κ1) is 10.3. The van der Waals surface area contributed by atoms with Gasteiger partial charge in [-0.05, 0) is 19.1 Å². The Morgan fingerprint density at radius 1 is 1.29 bits per heavy atom. The third-order valence-corrected chi connectivity index (χ3v) is 3.43. The lowest BCUT2D eigenvalue weighted by Gasteiger charge is -1.97. The Bertz CT molecular complexity index is 608. The average molecular weight is 244 g/mol. The normalized spacial score (nSPS) is 10.9. The Hall–Kier alpha value is -1.88. The number of thiazole rings is 1. The second-order valence-corrected chi connectivity index (χ2v) is 4.78. The maximum Gasteiger partial charge on any atom is 0.201 e.